The van der Waals surface area contributed by atoms with Crippen LogP contribution in [0.2, 0.25) is 0 Å². The van der Waals surface area contributed by atoms with Gasteiger partial charge in [0, 0.05) is 5.56 Å². The zero-order valence-corrected chi connectivity index (χ0v) is 11.9. The molecule has 0 saturated carbocycles. The SMILES string of the molecule is CCOC(=O)CNC(=O)Cc1cccc(OC)c1OC. The van der Waals surface area contributed by atoms with E-state index in [0.717, 1.165) is 0 Å². The van der Waals surface area contributed by atoms with Gasteiger partial charge in [0.05, 0.1) is 27.2 Å². The third kappa shape index (κ3) is 4.46. The zero-order chi connectivity index (χ0) is 15.0. The van der Waals surface area contributed by atoms with Gasteiger partial charge in [-0.1, -0.05) is 12.1 Å². The van der Waals surface area contributed by atoms with Gasteiger partial charge in [0.1, 0.15) is 6.54 Å². The molecular weight excluding hydrogens is 262 g/mol. The van der Waals surface area contributed by atoms with Crippen LogP contribution in [0.1, 0.15) is 12.5 Å². The van der Waals surface area contributed by atoms with E-state index in [1.807, 2.05) is 0 Å². The predicted molar refractivity (Wildman–Crippen MR) is 72.9 cm³/mol. The minimum absolute atomic E-state index is 0.0970. The molecule has 0 aromatic heterocycles. The van der Waals surface area contributed by atoms with Gasteiger partial charge in [-0.05, 0) is 13.0 Å². The molecule has 20 heavy (non-hydrogen) atoms. The Morgan fingerprint density at radius 2 is 1.95 bits per heavy atom. The summed E-state index contributed by atoms with van der Waals surface area (Å²) in [6, 6.07) is 5.29. The number of para-hydroxylation sites is 1. The fourth-order valence-corrected chi connectivity index (χ4v) is 1.71. The van der Waals surface area contributed by atoms with Crippen molar-refractivity contribution in [1.82, 2.24) is 5.32 Å². The van der Waals surface area contributed by atoms with Gasteiger partial charge in [-0.25, -0.2) is 0 Å². The largest absolute Gasteiger partial charge is 0.493 e. The monoisotopic (exact) mass is 281 g/mol. The molecule has 110 valence electrons. The van der Waals surface area contributed by atoms with Gasteiger partial charge in [0.15, 0.2) is 11.5 Å². The Morgan fingerprint density at radius 1 is 1.20 bits per heavy atom. The molecule has 1 rings (SSSR count). The van der Waals surface area contributed by atoms with E-state index in [-0.39, 0.29) is 18.9 Å². The molecule has 0 aliphatic rings. The van der Waals surface area contributed by atoms with Crippen molar-refractivity contribution in [3.05, 3.63) is 23.8 Å². The molecular formula is C14H19NO5. The van der Waals surface area contributed by atoms with E-state index in [1.165, 1.54) is 14.2 Å². The average Bonchev–Trinajstić information content (AvgIpc) is 2.45. The first-order chi connectivity index (χ1) is 9.62. The zero-order valence-electron chi connectivity index (χ0n) is 11.9. The maximum absolute atomic E-state index is 11.8. The highest BCUT2D eigenvalue weighted by atomic mass is 16.5. The molecule has 6 nitrogen and oxygen atoms in total. The summed E-state index contributed by atoms with van der Waals surface area (Å²) >= 11 is 0. The fraction of sp³-hybridized carbons (Fsp3) is 0.429. The predicted octanol–water partition coefficient (Wildman–Crippen LogP) is 0.926. The van der Waals surface area contributed by atoms with E-state index < -0.39 is 5.97 Å². The van der Waals surface area contributed by atoms with Crippen molar-refractivity contribution < 1.29 is 23.8 Å². The lowest BCUT2D eigenvalue weighted by atomic mass is 10.1. The molecule has 0 bridgehead atoms. The lowest BCUT2D eigenvalue weighted by Gasteiger charge is -2.12. The van der Waals surface area contributed by atoms with Crippen LogP contribution in [-0.2, 0) is 20.7 Å². The number of amides is 1. The van der Waals surface area contributed by atoms with E-state index in [0.29, 0.717) is 23.7 Å². The number of ether oxygens (including phenoxy) is 3. The number of esters is 1. The molecule has 0 aliphatic carbocycles. The normalized spacial score (nSPS) is 9.75. The first-order valence-electron chi connectivity index (χ1n) is 6.24. The summed E-state index contributed by atoms with van der Waals surface area (Å²) in [4.78, 5) is 22.9. The Hall–Kier alpha value is -2.24. The summed E-state index contributed by atoms with van der Waals surface area (Å²) in [6.45, 7) is 1.86. The van der Waals surface area contributed by atoms with Crippen molar-refractivity contribution in [3.63, 3.8) is 0 Å². The topological polar surface area (TPSA) is 73.9 Å². The lowest BCUT2D eigenvalue weighted by Crippen LogP contribution is -2.31. The number of rotatable bonds is 7. The van der Waals surface area contributed by atoms with Crippen LogP contribution < -0.4 is 14.8 Å². The molecule has 0 fully saturated rings. The summed E-state index contributed by atoms with van der Waals surface area (Å²) in [5, 5.41) is 2.49. The second kappa shape index (κ2) is 8.04. The van der Waals surface area contributed by atoms with Gasteiger partial charge in [-0.3, -0.25) is 9.59 Å². The van der Waals surface area contributed by atoms with Gasteiger partial charge in [0.25, 0.3) is 0 Å². The molecule has 1 N–H and O–H groups in total. The van der Waals surface area contributed by atoms with Crippen molar-refractivity contribution in [2.75, 3.05) is 27.4 Å². The number of methoxy groups -OCH3 is 2. The third-order valence-corrected chi connectivity index (χ3v) is 2.57. The summed E-state index contributed by atoms with van der Waals surface area (Å²) in [5.41, 5.74) is 0.688. The average molecular weight is 281 g/mol. The molecule has 1 amide bonds. The standard InChI is InChI=1S/C14H19NO5/c1-4-20-13(17)9-15-12(16)8-10-6-5-7-11(18-2)14(10)19-3/h5-7H,4,8-9H2,1-3H3,(H,15,16). The van der Waals surface area contributed by atoms with Crippen LogP contribution in [0.25, 0.3) is 0 Å². The van der Waals surface area contributed by atoms with Crippen molar-refractivity contribution in [2.24, 2.45) is 0 Å². The van der Waals surface area contributed by atoms with Gasteiger partial charge < -0.3 is 19.5 Å². The van der Waals surface area contributed by atoms with Crippen LogP contribution in [-0.4, -0.2) is 39.2 Å². The van der Waals surface area contributed by atoms with E-state index >= 15 is 0 Å². The Balaban J connectivity index is 2.64. The maximum Gasteiger partial charge on any atom is 0.325 e. The van der Waals surface area contributed by atoms with Crippen molar-refractivity contribution in [2.45, 2.75) is 13.3 Å². The van der Waals surface area contributed by atoms with Gasteiger partial charge in [0.2, 0.25) is 5.91 Å². The minimum atomic E-state index is -0.460. The Morgan fingerprint density at radius 3 is 2.55 bits per heavy atom. The van der Waals surface area contributed by atoms with Crippen LogP contribution in [0.4, 0.5) is 0 Å². The summed E-state index contributed by atoms with van der Waals surface area (Å²) in [6.07, 6.45) is 0.0970. The van der Waals surface area contributed by atoms with Crippen LogP contribution in [0.3, 0.4) is 0 Å². The second-order valence-corrected chi connectivity index (χ2v) is 3.91. The molecule has 6 heteroatoms. The van der Waals surface area contributed by atoms with E-state index in [9.17, 15) is 9.59 Å². The van der Waals surface area contributed by atoms with Crippen LogP contribution >= 0.6 is 0 Å². The molecule has 0 aliphatic heterocycles. The Bertz CT molecular complexity index is 473. The highest BCUT2D eigenvalue weighted by Crippen LogP contribution is 2.30. The molecule has 1 aromatic rings. The summed E-state index contributed by atoms with van der Waals surface area (Å²) in [7, 11) is 3.04. The number of hydrogen-bond donors (Lipinski definition) is 1. The Labute approximate surface area is 118 Å². The molecule has 0 spiro atoms. The smallest absolute Gasteiger partial charge is 0.325 e. The molecule has 0 heterocycles. The van der Waals surface area contributed by atoms with Gasteiger partial charge in [-0.15, -0.1) is 0 Å². The van der Waals surface area contributed by atoms with Crippen molar-refractivity contribution in [1.29, 1.82) is 0 Å². The first-order valence-corrected chi connectivity index (χ1v) is 6.24. The minimum Gasteiger partial charge on any atom is -0.493 e. The maximum atomic E-state index is 11.8. The molecule has 0 radical (unpaired) electrons. The van der Waals surface area contributed by atoms with Gasteiger partial charge in [-0.2, -0.15) is 0 Å². The van der Waals surface area contributed by atoms with Crippen LogP contribution in [0.15, 0.2) is 18.2 Å². The van der Waals surface area contributed by atoms with Crippen LogP contribution in [0, 0.1) is 0 Å². The summed E-state index contributed by atoms with van der Waals surface area (Å²) in [5.74, 6) is 0.326. The third-order valence-electron chi connectivity index (χ3n) is 2.57. The first kappa shape index (κ1) is 15.8. The molecule has 1 aromatic carbocycles. The molecule has 0 atom stereocenters. The van der Waals surface area contributed by atoms with Crippen molar-refractivity contribution in [3.8, 4) is 11.5 Å². The number of nitrogens with one attached hydrogen (secondary N) is 1. The van der Waals surface area contributed by atoms with Crippen LogP contribution in [0.5, 0.6) is 11.5 Å². The van der Waals surface area contributed by atoms with E-state index in [1.54, 1.807) is 25.1 Å². The number of benzene rings is 1. The van der Waals surface area contributed by atoms with E-state index in [4.69, 9.17) is 14.2 Å². The number of hydrogen-bond acceptors (Lipinski definition) is 5. The van der Waals surface area contributed by atoms with E-state index in [2.05, 4.69) is 5.32 Å². The fourth-order valence-electron chi connectivity index (χ4n) is 1.71. The van der Waals surface area contributed by atoms with Gasteiger partial charge >= 0.3 is 5.97 Å². The molecule has 0 unspecified atom stereocenters. The molecule has 0 saturated heterocycles. The number of carbonyl (C=O) groups is 2. The Kier molecular flexibility index (Phi) is 6.36. The van der Waals surface area contributed by atoms with Crippen molar-refractivity contribution >= 4 is 11.9 Å². The number of carbonyl (C=O) groups excluding carboxylic acids is 2. The quantitative estimate of drug-likeness (QED) is 0.752. The second-order valence-electron chi connectivity index (χ2n) is 3.91. The lowest BCUT2D eigenvalue weighted by molar-refractivity contribution is -0.143. The highest BCUT2D eigenvalue weighted by Gasteiger charge is 2.13. The highest BCUT2D eigenvalue weighted by molar-refractivity contribution is 5.84. The summed E-state index contributed by atoms with van der Waals surface area (Å²) < 4.78 is 15.1.